The number of carbonyl (C=O) groups is 1. The van der Waals surface area contributed by atoms with Gasteiger partial charge in [0.25, 0.3) is 0 Å². The monoisotopic (exact) mass is 343 g/mol. The van der Waals surface area contributed by atoms with Gasteiger partial charge in [0.05, 0.1) is 0 Å². The third kappa shape index (κ3) is 15.9. The SMILES string of the molecule is CC(C)=CCCC(C)=CCCC(C)=CCCC(=O)C[P+](O)(O)O. The van der Waals surface area contributed by atoms with Crippen LogP contribution >= 0.6 is 7.94 Å². The van der Waals surface area contributed by atoms with Gasteiger partial charge in [-0.05, 0) is 59.8 Å². The lowest BCUT2D eigenvalue weighted by Crippen LogP contribution is -2.08. The number of Topliss-reactive ketones (excluding diaryl/α,β-unsaturated/α-hetero) is 1. The zero-order valence-corrected chi connectivity index (χ0v) is 15.8. The summed E-state index contributed by atoms with van der Waals surface area (Å²) >= 11 is 0. The summed E-state index contributed by atoms with van der Waals surface area (Å²) in [6, 6.07) is 0. The molecule has 0 spiro atoms. The van der Waals surface area contributed by atoms with Crippen molar-refractivity contribution in [2.24, 2.45) is 0 Å². The number of hydrogen-bond acceptors (Lipinski definition) is 4. The third-order valence-electron chi connectivity index (χ3n) is 3.43. The highest BCUT2D eigenvalue weighted by molar-refractivity contribution is 7.59. The van der Waals surface area contributed by atoms with Crippen LogP contribution in [0.15, 0.2) is 34.9 Å². The molecule has 5 heteroatoms. The molecule has 0 aliphatic heterocycles. The maximum absolute atomic E-state index is 11.4. The maximum Gasteiger partial charge on any atom is 0.411 e. The Labute approximate surface area is 141 Å². The second-order valence-corrected chi connectivity index (χ2v) is 8.09. The molecule has 0 aliphatic carbocycles. The van der Waals surface area contributed by atoms with Crippen molar-refractivity contribution in [2.75, 3.05) is 6.16 Å². The van der Waals surface area contributed by atoms with Gasteiger partial charge in [0.1, 0.15) is 0 Å². The highest BCUT2D eigenvalue weighted by atomic mass is 31.2. The Morgan fingerprint density at radius 2 is 1.22 bits per heavy atom. The summed E-state index contributed by atoms with van der Waals surface area (Å²) in [6.07, 6.45) is 10.9. The van der Waals surface area contributed by atoms with E-state index in [4.69, 9.17) is 14.7 Å². The van der Waals surface area contributed by atoms with Gasteiger partial charge in [-0.2, -0.15) is 14.7 Å². The van der Waals surface area contributed by atoms with E-state index in [1.807, 2.05) is 13.0 Å². The van der Waals surface area contributed by atoms with E-state index >= 15 is 0 Å². The van der Waals surface area contributed by atoms with E-state index < -0.39 is 14.1 Å². The molecular formula is C18H32O4P+. The van der Waals surface area contributed by atoms with Gasteiger partial charge >= 0.3 is 7.94 Å². The minimum atomic E-state index is -3.96. The molecule has 0 aromatic carbocycles. The van der Waals surface area contributed by atoms with Crippen molar-refractivity contribution in [3.05, 3.63) is 34.9 Å². The quantitative estimate of drug-likeness (QED) is 0.381. The predicted octanol–water partition coefficient (Wildman–Crippen LogP) is 4.49. The van der Waals surface area contributed by atoms with E-state index in [0.717, 1.165) is 25.7 Å². The van der Waals surface area contributed by atoms with E-state index in [2.05, 4.69) is 32.9 Å². The first-order chi connectivity index (χ1) is 10.6. The molecule has 0 rings (SSSR count). The summed E-state index contributed by atoms with van der Waals surface area (Å²) in [5.74, 6) is -0.315. The average molecular weight is 343 g/mol. The largest absolute Gasteiger partial charge is 0.411 e. The van der Waals surface area contributed by atoms with E-state index in [1.54, 1.807) is 0 Å². The van der Waals surface area contributed by atoms with Crippen molar-refractivity contribution in [1.29, 1.82) is 0 Å². The van der Waals surface area contributed by atoms with Crippen LogP contribution in [0.1, 0.15) is 66.2 Å². The first-order valence-corrected chi connectivity index (χ1v) is 9.96. The zero-order valence-electron chi connectivity index (χ0n) is 14.9. The van der Waals surface area contributed by atoms with Crippen molar-refractivity contribution in [3.8, 4) is 0 Å². The molecule has 4 nitrogen and oxygen atoms in total. The smallest absolute Gasteiger partial charge is 0.295 e. The Bertz CT molecular complexity index is 452. The molecule has 0 bridgehead atoms. The molecular weight excluding hydrogens is 311 g/mol. The van der Waals surface area contributed by atoms with Gasteiger partial charge in [0.15, 0.2) is 11.9 Å². The Hall–Kier alpha value is -0.800. The second-order valence-electron chi connectivity index (χ2n) is 6.39. The molecule has 0 aromatic rings. The van der Waals surface area contributed by atoms with Gasteiger partial charge in [-0.3, -0.25) is 4.79 Å². The van der Waals surface area contributed by atoms with Crippen molar-refractivity contribution < 1.29 is 19.5 Å². The molecule has 3 N–H and O–H groups in total. The van der Waals surface area contributed by atoms with Crippen molar-refractivity contribution in [2.45, 2.75) is 66.2 Å². The van der Waals surface area contributed by atoms with Crippen molar-refractivity contribution in [1.82, 2.24) is 0 Å². The fraction of sp³-hybridized carbons (Fsp3) is 0.611. The van der Waals surface area contributed by atoms with Crippen LogP contribution in [0, 0.1) is 0 Å². The normalized spacial score (nSPS) is 13.2. The van der Waals surface area contributed by atoms with Gasteiger partial charge < -0.3 is 0 Å². The van der Waals surface area contributed by atoms with E-state index in [-0.39, 0.29) is 12.2 Å². The van der Waals surface area contributed by atoms with Gasteiger partial charge in [0, 0.05) is 6.42 Å². The summed E-state index contributed by atoms with van der Waals surface area (Å²) in [5, 5.41) is 0. The molecule has 0 aliphatic rings. The Morgan fingerprint density at radius 3 is 1.65 bits per heavy atom. The molecule has 0 saturated heterocycles. The van der Waals surface area contributed by atoms with E-state index in [9.17, 15) is 4.79 Å². The lowest BCUT2D eigenvalue weighted by Gasteiger charge is -2.03. The lowest BCUT2D eigenvalue weighted by atomic mass is 10.1. The molecule has 132 valence electrons. The molecule has 0 amide bonds. The summed E-state index contributed by atoms with van der Waals surface area (Å²) < 4.78 is 0. The number of carbonyl (C=O) groups excluding carboxylic acids is 1. The molecule has 23 heavy (non-hydrogen) atoms. The third-order valence-corrected chi connectivity index (χ3v) is 4.20. The fourth-order valence-electron chi connectivity index (χ4n) is 2.13. The van der Waals surface area contributed by atoms with Crippen LogP contribution < -0.4 is 0 Å². The molecule has 0 atom stereocenters. The Balaban J connectivity index is 3.98. The van der Waals surface area contributed by atoms with Crippen LogP contribution in [-0.2, 0) is 4.79 Å². The van der Waals surface area contributed by atoms with Crippen LogP contribution in [0.5, 0.6) is 0 Å². The van der Waals surface area contributed by atoms with Crippen LogP contribution in [0.25, 0.3) is 0 Å². The highest BCUT2D eigenvalue weighted by Crippen LogP contribution is 2.44. The highest BCUT2D eigenvalue weighted by Gasteiger charge is 2.32. The Morgan fingerprint density at radius 1 is 0.783 bits per heavy atom. The molecule has 0 aromatic heterocycles. The number of rotatable bonds is 11. The van der Waals surface area contributed by atoms with Crippen molar-refractivity contribution >= 4 is 13.7 Å². The summed E-state index contributed by atoms with van der Waals surface area (Å²) in [4.78, 5) is 37.9. The van der Waals surface area contributed by atoms with Crippen LogP contribution in [0.2, 0.25) is 0 Å². The van der Waals surface area contributed by atoms with Crippen LogP contribution in [-0.4, -0.2) is 26.6 Å². The van der Waals surface area contributed by atoms with E-state index in [1.165, 1.54) is 16.7 Å². The summed E-state index contributed by atoms with van der Waals surface area (Å²) in [5.41, 5.74) is 3.98. The van der Waals surface area contributed by atoms with Crippen LogP contribution in [0.4, 0.5) is 0 Å². The standard InChI is InChI=1S/C18H32O4P/c1-15(2)8-5-9-16(3)10-6-11-17(4)12-7-13-18(19)14-23(20,21)22/h8,10,12,20-22H,5-7,9,11,13-14H2,1-4H3/q+1. The number of hydrogen-bond donors (Lipinski definition) is 3. The van der Waals surface area contributed by atoms with Gasteiger partial charge in [-0.15, -0.1) is 0 Å². The molecule has 0 fully saturated rings. The molecule has 0 unspecified atom stereocenters. The summed E-state index contributed by atoms with van der Waals surface area (Å²) in [7, 11) is -3.96. The average Bonchev–Trinajstić information content (AvgIpc) is 2.35. The second kappa shape index (κ2) is 11.7. The first-order valence-electron chi connectivity index (χ1n) is 8.13. The zero-order chi connectivity index (χ0) is 17.9. The predicted molar refractivity (Wildman–Crippen MR) is 98.1 cm³/mol. The first kappa shape index (κ1) is 22.2. The molecule has 0 radical (unpaired) electrons. The minimum absolute atomic E-state index is 0.234. The van der Waals surface area contributed by atoms with Crippen molar-refractivity contribution in [3.63, 3.8) is 0 Å². The molecule has 0 saturated carbocycles. The minimum Gasteiger partial charge on any atom is -0.295 e. The Kier molecular flexibility index (Phi) is 11.3. The number of allylic oxidation sites excluding steroid dienone is 6. The van der Waals surface area contributed by atoms with Gasteiger partial charge in [-0.1, -0.05) is 34.9 Å². The molecule has 0 heterocycles. The fourth-order valence-corrected chi connectivity index (χ4v) is 2.77. The van der Waals surface area contributed by atoms with Gasteiger partial charge in [-0.25, -0.2) is 0 Å². The topological polar surface area (TPSA) is 77.8 Å². The lowest BCUT2D eigenvalue weighted by molar-refractivity contribution is -0.116. The summed E-state index contributed by atoms with van der Waals surface area (Å²) in [6.45, 7) is 8.42. The van der Waals surface area contributed by atoms with Crippen LogP contribution in [0.3, 0.4) is 0 Å². The van der Waals surface area contributed by atoms with Gasteiger partial charge in [0.2, 0.25) is 0 Å². The number of ketones is 1. The van der Waals surface area contributed by atoms with E-state index in [0.29, 0.717) is 6.42 Å². The maximum atomic E-state index is 11.4.